The molecule has 2 saturated carbocycles. The summed E-state index contributed by atoms with van der Waals surface area (Å²) in [5.74, 6) is -2.15. The van der Waals surface area contributed by atoms with E-state index in [0.717, 1.165) is 177 Å². The first-order valence-corrected chi connectivity index (χ1v) is 46.8. The molecule has 35 nitrogen and oxygen atoms in total. The Morgan fingerprint density at radius 2 is 0.693 bits per heavy atom. The molecule has 4 aromatic heterocycles. The van der Waals surface area contributed by atoms with Crippen molar-refractivity contribution in [3.05, 3.63) is 241 Å². The predicted octanol–water partition coefficient (Wildman–Crippen LogP) is 9.89. The van der Waals surface area contributed by atoms with Crippen molar-refractivity contribution in [2.24, 2.45) is 5.73 Å². The lowest BCUT2D eigenvalue weighted by molar-refractivity contribution is -0.138. The molecule has 5 aliphatic heterocycles. The molecule has 9 N–H and O–H groups in total. The maximum Gasteiger partial charge on any atom is 0.303 e. The summed E-state index contributed by atoms with van der Waals surface area (Å²) in [5.41, 5.74) is 13.1. The Balaban J connectivity index is 0.000000179. The fourth-order valence-electron chi connectivity index (χ4n) is 16.5. The summed E-state index contributed by atoms with van der Waals surface area (Å²) in [7, 11) is 1.25. The van der Waals surface area contributed by atoms with E-state index in [1.54, 1.807) is 164 Å². The average Bonchev–Trinajstić information content (AvgIpc) is 1.64. The van der Waals surface area contributed by atoms with Crippen molar-refractivity contribution in [1.29, 1.82) is 0 Å². The first kappa shape index (κ1) is 104. The lowest BCUT2D eigenvalue weighted by Crippen LogP contribution is -2.50. The van der Waals surface area contributed by atoms with E-state index in [9.17, 15) is 56.7 Å². The Hall–Kier alpha value is -13.5. The number of carboxylic acid groups (broad SMARTS) is 1. The number of nitrogens with one attached hydrogen (secondary N) is 5. The van der Waals surface area contributed by atoms with Crippen LogP contribution in [0.5, 0.6) is 0 Å². The van der Waals surface area contributed by atoms with Crippen LogP contribution >= 0.6 is 0 Å². The molecule has 0 unspecified atom stereocenters. The van der Waals surface area contributed by atoms with Crippen molar-refractivity contribution in [3.63, 3.8) is 0 Å². The largest absolute Gasteiger partial charge is 0.481 e. The lowest BCUT2D eigenvalue weighted by atomic mass is 10.1. The van der Waals surface area contributed by atoms with Crippen LogP contribution in [0.25, 0.3) is 22.7 Å². The summed E-state index contributed by atoms with van der Waals surface area (Å²) in [6, 6.07) is 39.2. The van der Waals surface area contributed by atoms with E-state index in [-0.39, 0.29) is 87.3 Å². The van der Waals surface area contributed by atoms with Gasteiger partial charge in [-0.1, -0.05) is 31.7 Å². The molecular weight excluding hydrogens is 1750 g/mol. The second-order valence-corrected chi connectivity index (χ2v) is 34.3. The summed E-state index contributed by atoms with van der Waals surface area (Å²) in [4.78, 5) is 132. The zero-order valence-electron chi connectivity index (χ0n) is 78.6. The zero-order valence-corrected chi connectivity index (χ0v) is 77.6. The Labute approximate surface area is 800 Å². The van der Waals surface area contributed by atoms with Crippen molar-refractivity contribution >= 4 is 67.9 Å². The fourth-order valence-corrected chi connectivity index (χ4v) is 16.5. The van der Waals surface area contributed by atoms with E-state index in [4.69, 9.17) is 22.1 Å². The molecule has 0 bridgehead atoms. The highest BCUT2D eigenvalue weighted by Gasteiger charge is 2.39. The monoisotopic (exact) mass is 1880 g/mol. The van der Waals surface area contributed by atoms with Crippen molar-refractivity contribution in [1.82, 2.24) is 105 Å². The SMILES string of the molecule is C1CCOC1.N[C@@H]1C[C@H]1c1ccc(F)cc1.O=C(N[C@@H](CCCN[C@@H]1C[C@H]1c1ccc(F)cc1)C(=O)N1CCCCC1)c1ccc(-n2cnnc2)cc1.O=C(N[C@@H](CCCO)C(=O)N1CCCCC1)c1ccc(-n2cnnc2)cc1.O=C(O)CC[C@H](NC(=O)c1ccc(-n2cnnc2)cc1)C(=O)N1CCCCC1.O=CCC[C@H](NC(=O)c1ccc(-n2cnnc2)cc1)C(=O)N1CCCCC1.[2H]C.[B]. The van der Waals surface area contributed by atoms with Crippen LogP contribution in [0.15, 0.2) is 196 Å². The van der Waals surface area contributed by atoms with Gasteiger partial charge in [-0.15, -0.1) is 40.8 Å². The molecule has 8 atom stereocenters. The minimum absolute atomic E-state index is 0. The highest BCUT2D eigenvalue weighted by atomic mass is 19.1. The number of benzene rings is 6. The van der Waals surface area contributed by atoms with Gasteiger partial charge in [0.15, 0.2) is 0 Å². The summed E-state index contributed by atoms with van der Waals surface area (Å²) in [6.45, 7) is 8.42. The number of aldehydes is 1. The van der Waals surface area contributed by atoms with Crippen LogP contribution < -0.4 is 32.3 Å². The summed E-state index contributed by atoms with van der Waals surface area (Å²) >= 11 is 0. The Bertz CT molecular complexity index is 5320. The normalized spacial score (nSPS) is 17.7. The van der Waals surface area contributed by atoms with Gasteiger partial charge in [0.1, 0.15) is 92.7 Å². The molecule has 17 rings (SSSR count). The van der Waals surface area contributed by atoms with Gasteiger partial charge in [-0.05, 0) is 280 Å². The van der Waals surface area contributed by atoms with Crippen LogP contribution in [0.4, 0.5) is 8.78 Å². The van der Waals surface area contributed by atoms with Gasteiger partial charge in [0.25, 0.3) is 23.6 Å². The van der Waals surface area contributed by atoms with Crippen molar-refractivity contribution in [2.75, 3.05) is 78.7 Å². The van der Waals surface area contributed by atoms with Gasteiger partial charge in [0, 0.05) is 164 Å². The van der Waals surface area contributed by atoms with Gasteiger partial charge in [0.2, 0.25) is 23.6 Å². The molecule has 7 fully saturated rings. The molecule has 6 aromatic carbocycles. The number of halogens is 2. The minimum atomic E-state index is -0.996. The number of rotatable bonds is 32. The molecule has 727 valence electrons. The van der Waals surface area contributed by atoms with E-state index in [2.05, 4.69) is 67.4 Å². The van der Waals surface area contributed by atoms with Crippen molar-refractivity contribution in [2.45, 2.75) is 210 Å². The lowest BCUT2D eigenvalue weighted by Gasteiger charge is -2.31. The van der Waals surface area contributed by atoms with Crippen LogP contribution in [-0.2, 0) is 33.5 Å². The first-order valence-electron chi connectivity index (χ1n) is 47.8. The van der Waals surface area contributed by atoms with Crippen LogP contribution in [0.2, 0.25) is 0 Å². The van der Waals surface area contributed by atoms with Gasteiger partial charge < -0.3 is 71.7 Å². The van der Waals surface area contributed by atoms with Crippen LogP contribution in [0, 0.1) is 11.6 Å². The second kappa shape index (κ2) is 55.5. The number of nitrogens with two attached hydrogens (primary N) is 1. The summed E-state index contributed by atoms with van der Waals surface area (Å²) < 4.78 is 43.3. The first-order chi connectivity index (χ1) is 66.8. The maximum atomic E-state index is 13.3. The molecule has 8 amide bonds. The third-order valence-corrected chi connectivity index (χ3v) is 24.5. The molecule has 137 heavy (non-hydrogen) atoms. The molecular formula is C99H126BF2N22O13. The standard InChI is InChI=1S/C28H33FN6O2.C19H23N5O4.C19H25N5O3.C19H23N5O3.C9H10FN.C4H8O.CH4.B/c29-22-10-6-20(7-11-22)24-17-26(24)30-14-4-5-25(28(37)34-15-2-1-3-16-34)33-27(36)21-8-12-23(13-9-21)35-18-31-32-19-35;25-17(26)9-8-16(19(28)23-10-2-1-3-11-23)22-18(27)14-4-6-15(7-5-14)24-12-20-21-13-24;2*25-12-4-5-17(19(27)23-10-2-1-3-11-23)22-18(26)15-6-8-16(9-7-15)24-13-20-21-14-24;10-7-3-1-6(2-4-7)8-5-9(8)11;1-2-4-5-3-1;;/h6-13,18-19,24-26,30H,1-5,14-17H2,(H,33,36);4-7,12-13,16H,1-3,8-11H2,(H,22,27)(H,25,26);6-9,13-14,17,25H,1-5,10-12H2,(H,22,26);6-9,12-14,17H,1-5,10-11H2,(H,22,26);1-4,8-9H,5,11H2;1-4H2;1H4;/t24-,25-,26+;16-;2*17-;8-,9+;;;/m00000.../s1/i;;;;;;1D;. The molecule has 7 aliphatic rings. The topological polar surface area (TPSA) is 442 Å². The Morgan fingerprint density at radius 1 is 0.409 bits per heavy atom. The third-order valence-electron chi connectivity index (χ3n) is 24.5. The number of hydrogen-bond acceptors (Lipinski definition) is 22. The molecule has 9 heterocycles. The van der Waals surface area contributed by atoms with Crippen LogP contribution in [0.3, 0.4) is 0 Å². The number of nitrogens with zero attached hydrogens (tertiary/aromatic N) is 16. The number of likely N-dealkylation sites (tertiary alicyclic amines) is 4. The number of carboxylic acids is 1. The molecule has 5 saturated heterocycles. The number of amides is 8. The van der Waals surface area contributed by atoms with E-state index < -0.39 is 36.0 Å². The second-order valence-electron chi connectivity index (χ2n) is 34.3. The third kappa shape index (κ3) is 33.2. The van der Waals surface area contributed by atoms with E-state index in [1.807, 2.05) is 46.2 Å². The quantitative estimate of drug-likeness (QED) is 0.0110. The number of aliphatic hydroxyl groups excluding tert-OH is 1. The van der Waals surface area contributed by atoms with Crippen LogP contribution in [-0.4, -0.2) is 272 Å². The molecule has 38 heteroatoms. The number of aromatic nitrogens is 12. The number of aliphatic carboxylic acids is 1. The van der Waals surface area contributed by atoms with Gasteiger partial charge in [-0.25, -0.2) is 8.78 Å². The fraction of sp³-hybridized carbons (Fsp3) is 0.455. The molecule has 0 spiro atoms. The Kier molecular flexibility index (Phi) is 42.2. The van der Waals surface area contributed by atoms with Crippen LogP contribution in [0.1, 0.15) is 227 Å². The maximum absolute atomic E-state index is 13.3. The van der Waals surface area contributed by atoms with E-state index in [1.165, 1.54) is 50.1 Å². The highest BCUT2D eigenvalue weighted by molar-refractivity contribution is 6.00. The summed E-state index contributed by atoms with van der Waals surface area (Å²) in [5, 5.41) is 63.1. The summed E-state index contributed by atoms with van der Waals surface area (Å²) in [6.07, 6.45) is 32.9. The number of piperidine rings is 4. The minimum Gasteiger partial charge on any atom is -0.481 e. The zero-order chi connectivity index (χ0) is 97.1. The van der Waals surface area contributed by atoms with Gasteiger partial charge >= 0.3 is 5.97 Å². The smallest absolute Gasteiger partial charge is 0.303 e. The van der Waals surface area contributed by atoms with Gasteiger partial charge in [-0.2, -0.15) is 0 Å². The van der Waals surface area contributed by atoms with Crippen molar-refractivity contribution in [3.8, 4) is 22.7 Å². The number of ether oxygens (including phenoxy) is 1. The number of hydrogen-bond donors (Lipinski definition) is 8. The van der Waals surface area contributed by atoms with E-state index in [0.29, 0.717) is 98.0 Å². The molecule has 2 aliphatic carbocycles. The van der Waals surface area contributed by atoms with Gasteiger partial charge in [0.05, 0.1) is 0 Å². The van der Waals surface area contributed by atoms with Crippen molar-refractivity contribution < 1.29 is 73.0 Å². The molecule has 3 radical (unpaired) electrons. The number of carbonyl (C=O) groups is 10. The van der Waals surface area contributed by atoms with E-state index >= 15 is 0 Å². The average molecular weight is 1880 g/mol. The number of carbonyl (C=O) groups excluding carboxylic acids is 9. The van der Waals surface area contributed by atoms with Gasteiger partial charge in [-0.3, -0.25) is 61.4 Å². The Morgan fingerprint density at radius 3 is 0.964 bits per heavy atom. The highest BCUT2D eigenvalue weighted by Crippen LogP contribution is 2.41. The number of aliphatic hydroxyl groups is 1. The molecule has 10 aromatic rings. The predicted molar refractivity (Wildman–Crippen MR) is 510 cm³/mol.